The van der Waals surface area contributed by atoms with Crippen molar-refractivity contribution in [3.63, 3.8) is 0 Å². The van der Waals surface area contributed by atoms with E-state index in [2.05, 4.69) is 41.3 Å². The summed E-state index contributed by atoms with van der Waals surface area (Å²) in [6, 6.07) is 8.45. The molecule has 1 aliphatic rings. The number of aryl methyl sites for hydroxylation is 1. The maximum atomic E-state index is 12.3. The van der Waals surface area contributed by atoms with Crippen LogP contribution in [0.15, 0.2) is 28.8 Å². The molecule has 5 nitrogen and oxygen atoms in total. The molecule has 1 aromatic carbocycles. The molecule has 1 fully saturated rings. The van der Waals surface area contributed by atoms with E-state index in [-0.39, 0.29) is 17.2 Å². The second kappa shape index (κ2) is 6.38. The zero-order chi connectivity index (χ0) is 17.3. The Kier molecular flexibility index (Phi) is 4.43. The highest BCUT2D eigenvalue weighted by atomic mass is 16.5. The third kappa shape index (κ3) is 3.50. The molecule has 5 heteroatoms. The summed E-state index contributed by atoms with van der Waals surface area (Å²) >= 11 is 0. The number of nitrogens with zero attached hydrogens (tertiary/aromatic N) is 3. The lowest BCUT2D eigenvalue weighted by molar-refractivity contribution is -0.128. The molecule has 24 heavy (non-hydrogen) atoms. The van der Waals surface area contributed by atoms with E-state index in [9.17, 15) is 4.79 Å². The average Bonchev–Trinajstić information content (AvgIpc) is 3.15. The Morgan fingerprint density at radius 1 is 1.21 bits per heavy atom. The fourth-order valence-electron chi connectivity index (χ4n) is 2.90. The van der Waals surface area contributed by atoms with Crippen LogP contribution in [-0.4, -0.2) is 27.5 Å². The molecule has 1 saturated heterocycles. The summed E-state index contributed by atoms with van der Waals surface area (Å²) in [5.74, 6) is 1.42. The first-order valence-electron chi connectivity index (χ1n) is 8.56. The lowest BCUT2D eigenvalue weighted by Crippen LogP contribution is -2.24. The van der Waals surface area contributed by atoms with E-state index in [1.807, 2.05) is 25.7 Å². The molecule has 0 N–H and O–H groups in total. The van der Waals surface area contributed by atoms with Gasteiger partial charge in [-0.1, -0.05) is 57.1 Å². The average molecular weight is 327 g/mol. The maximum Gasteiger partial charge on any atom is 0.232 e. The molecule has 0 aliphatic carbocycles. The van der Waals surface area contributed by atoms with Crippen molar-refractivity contribution in [3.8, 4) is 0 Å². The second-order valence-corrected chi connectivity index (χ2v) is 7.55. The predicted octanol–water partition coefficient (Wildman–Crippen LogP) is 3.45. The number of carbonyl (C=O) groups excluding carboxylic acids is 1. The molecule has 0 radical (unpaired) electrons. The molecular formula is C19H25N3O2. The van der Waals surface area contributed by atoms with Gasteiger partial charge in [0, 0.05) is 24.9 Å². The van der Waals surface area contributed by atoms with Gasteiger partial charge in [0.1, 0.15) is 0 Å². The first kappa shape index (κ1) is 16.7. The highest BCUT2D eigenvalue weighted by molar-refractivity contribution is 5.79. The zero-order valence-electron chi connectivity index (χ0n) is 14.9. The Hall–Kier alpha value is -2.17. The van der Waals surface area contributed by atoms with Crippen LogP contribution in [-0.2, 0) is 23.2 Å². The number of hydrogen-bond acceptors (Lipinski definition) is 4. The van der Waals surface area contributed by atoms with Gasteiger partial charge in [0.2, 0.25) is 11.8 Å². The lowest BCUT2D eigenvalue weighted by atomic mass is 9.96. The standard InChI is InChI=1S/C19H25N3O2/c1-5-13-6-8-14(9-7-13)11-22-12-15(10-16(22)23)17-20-18(21-24-17)19(2,3)4/h6-9,15H,5,10-12H2,1-4H3. The Balaban J connectivity index is 1.68. The van der Waals surface area contributed by atoms with Crippen LogP contribution < -0.4 is 0 Å². The van der Waals surface area contributed by atoms with Gasteiger partial charge in [-0.25, -0.2) is 0 Å². The molecule has 0 spiro atoms. The fraction of sp³-hybridized carbons (Fsp3) is 0.526. The molecule has 128 valence electrons. The van der Waals surface area contributed by atoms with Crippen molar-refractivity contribution >= 4 is 5.91 Å². The Labute approximate surface area is 143 Å². The van der Waals surface area contributed by atoms with Gasteiger partial charge in [-0.3, -0.25) is 4.79 Å². The minimum Gasteiger partial charge on any atom is -0.339 e. The Bertz CT molecular complexity index is 713. The van der Waals surface area contributed by atoms with Gasteiger partial charge in [-0.15, -0.1) is 0 Å². The summed E-state index contributed by atoms with van der Waals surface area (Å²) < 4.78 is 5.41. The number of rotatable bonds is 4. The minimum absolute atomic E-state index is 0.00369. The summed E-state index contributed by atoms with van der Waals surface area (Å²) in [4.78, 5) is 18.7. The monoisotopic (exact) mass is 327 g/mol. The minimum atomic E-state index is -0.148. The van der Waals surface area contributed by atoms with Crippen LogP contribution in [0, 0.1) is 0 Å². The fourth-order valence-corrected chi connectivity index (χ4v) is 2.90. The van der Waals surface area contributed by atoms with E-state index in [1.165, 1.54) is 5.56 Å². The van der Waals surface area contributed by atoms with Crippen molar-refractivity contribution in [2.24, 2.45) is 0 Å². The number of likely N-dealkylation sites (tertiary alicyclic amines) is 1. The first-order chi connectivity index (χ1) is 11.4. The van der Waals surface area contributed by atoms with Crippen molar-refractivity contribution < 1.29 is 9.32 Å². The molecular weight excluding hydrogens is 302 g/mol. The summed E-state index contributed by atoms with van der Waals surface area (Å²) in [6.45, 7) is 9.56. The normalized spacial score (nSPS) is 18.4. The van der Waals surface area contributed by atoms with Gasteiger partial charge in [-0.2, -0.15) is 4.98 Å². The third-order valence-corrected chi connectivity index (χ3v) is 4.48. The molecule has 3 rings (SSSR count). The van der Waals surface area contributed by atoms with E-state index in [4.69, 9.17) is 4.52 Å². The molecule has 2 heterocycles. The molecule has 1 amide bonds. The molecule has 0 saturated carbocycles. The third-order valence-electron chi connectivity index (χ3n) is 4.48. The van der Waals surface area contributed by atoms with E-state index in [0.29, 0.717) is 31.2 Å². The topological polar surface area (TPSA) is 59.2 Å². The molecule has 0 bridgehead atoms. The van der Waals surface area contributed by atoms with Gasteiger partial charge in [-0.05, 0) is 17.5 Å². The van der Waals surface area contributed by atoms with Crippen molar-refractivity contribution in [2.45, 2.75) is 58.4 Å². The zero-order valence-corrected chi connectivity index (χ0v) is 14.9. The number of hydrogen-bond donors (Lipinski definition) is 0. The summed E-state index contributed by atoms with van der Waals surface area (Å²) in [7, 11) is 0. The first-order valence-corrected chi connectivity index (χ1v) is 8.56. The van der Waals surface area contributed by atoms with E-state index >= 15 is 0 Å². The number of amides is 1. The van der Waals surface area contributed by atoms with Gasteiger partial charge < -0.3 is 9.42 Å². The van der Waals surface area contributed by atoms with Crippen LogP contribution in [0.4, 0.5) is 0 Å². The van der Waals surface area contributed by atoms with Crippen LogP contribution in [0.2, 0.25) is 0 Å². The van der Waals surface area contributed by atoms with E-state index in [1.54, 1.807) is 0 Å². The number of aromatic nitrogens is 2. The van der Waals surface area contributed by atoms with Crippen molar-refractivity contribution in [1.29, 1.82) is 0 Å². The van der Waals surface area contributed by atoms with Crippen LogP contribution in [0.1, 0.15) is 62.9 Å². The van der Waals surface area contributed by atoms with Crippen LogP contribution in [0.5, 0.6) is 0 Å². The maximum absolute atomic E-state index is 12.3. The van der Waals surface area contributed by atoms with Gasteiger partial charge in [0.15, 0.2) is 5.82 Å². The van der Waals surface area contributed by atoms with Crippen LogP contribution in [0.25, 0.3) is 0 Å². The highest BCUT2D eigenvalue weighted by Gasteiger charge is 2.35. The highest BCUT2D eigenvalue weighted by Crippen LogP contribution is 2.30. The lowest BCUT2D eigenvalue weighted by Gasteiger charge is -2.16. The summed E-state index contributed by atoms with van der Waals surface area (Å²) in [5, 5.41) is 4.07. The number of carbonyl (C=O) groups is 1. The van der Waals surface area contributed by atoms with Crippen molar-refractivity contribution in [2.75, 3.05) is 6.54 Å². The predicted molar refractivity (Wildman–Crippen MR) is 91.6 cm³/mol. The van der Waals surface area contributed by atoms with Crippen molar-refractivity contribution in [1.82, 2.24) is 15.0 Å². The van der Waals surface area contributed by atoms with E-state index < -0.39 is 0 Å². The van der Waals surface area contributed by atoms with Gasteiger partial charge >= 0.3 is 0 Å². The summed E-state index contributed by atoms with van der Waals surface area (Å²) in [6.07, 6.45) is 1.47. The van der Waals surface area contributed by atoms with Gasteiger partial charge in [0.05, 0.1) is 5.92 Å². The van der Waals surface area contributed by atoms with Crippen molar-refractivity contribution in [3.05, 3.63) is 47.1 Å². The largest absolute Gasteiger partial charge is 0.339 e. The molecule has 1 aromatic heterocycles. The molecule has 1 unspecified atom stereocenters. The Morgan fingerprint density at radius 3 is 2.46 bits per heavy atom. The van der Waals surface area contributed by atoms with Crippen LogP contribution in [0.3, 0.4) is 0 Å². The number of benzene rings is 1. The quantitative estimate of drug-likeness (QED) is 0.863. The van der Waals surface area contributed by atoms with Gasteiger partial charge in [0.25, 0.3) is 0 Å². The van der Waals surface area contributed by atoms with E-state index in [0.717, 1.165) is 12.0 Å². The summed E-state index contributed by atoms with van der Waals surface area (Å²) in [5.41, 5.74) is 2.32. The smallest absolute Gasteiger partial charge is 0.232 e. The molecule has 1 aliphatic heterocycles. The van der Waals surface area contributed by atoms with Crippen LogP contribution >= 0.6 is 0 Å². The second-order valence-electron chi connectivity index (χ2n) is 7.55. The Morgan fingerprint density at radius 2 is 1.88 bits per heavy atom. The molecule has 2 aromatic rings. The molecule has 1 atom stereocenters. The SMILES string of the molecule is CCc1ccc(CN2CC(c3nc(C(C)(C)C)no3)CC2=O)cc1.